The van der Waals surface area contributed by atoms with Crippen molar-refractivity contribution in [2.75, 3.05) is 31.1 Å². The summed E-state index contributed by atoms with van der Waals surface area (Å²) in [4.78, 5) is 14.6. The lowest BCUT2D eigenvalue weighted by Crippen LogP contribution is -2.42. The molecule has 0 unspecified atom stereocenters. The van der Waals surface area contributed by atoms with E-state index in [0.717, 1.165) is 30.2 Å². The van der Waals surface area contributed by atoms with Crippen LogP contribution in [0.3, 0.4) is 0 Å². The first-order valence-corrected chi connectivity index (χ1v) is 8.78. The number of benzene rings is 1. The lowest BCUT2D eigenvalue weighted by molar-refractivity contribution is 0.0930. The SMILES string of the molecule is O=C(NC[C@@H](c1ccoc1)N1CCSCC1)c1ccccc1F. The maximum atomic E-state index is 13.7. The lowest BCUT2D eigenvalue weighted by atomic mass is 10.1. The Labute approximate surface area is 139 Å². The second kappa shape index (κ2) is 7.66. The van der Waals surface area contributed by atoms with Gasteiger partial charge in [0.2, 0.25) is 0 Å². The molecule has 0 saturated carbocycles. The number of rotatable bonds is 5. The van der Waals surface area contributed by atoms with E-state index < -0.39 is 5.82 Å². The third-order valence-corrected chi connectivity index (χ3v) is 4.93. The van der Waals surface area contributed by atoms with Crippen LogP contribution in [-0.4, -0.2) is 41.9 Å². The number of nitrogens with one attached hydrogen (secondary N) is 1. The summed E-state index contributed by atoms with van der Waals surface area (Å²) >= 11 is 1.93. The van der Waals surface area contributed by atoms with Crippen molar-refractivity contribution in [3.8, 4) is 0 Å². The Kier molecular flexibility index (Phi) is 5.35. The van der Waals surface area contributed by atoms with Crippen molar-refractivity contribution < 1.29 is 13.6 Å². The summed E-state index contributed by atoms with van der Waals surface area (Å²) in [6.45, 7) is 2.36. The fraction of sp³-hybridized carbons (Fsp3) is 0.353. The molecule has 122 valence electrons. The van der Waals surface area contributed by atoms with Gasteiger partial charge in [0.05, 0.1) is 24.1 Å². The van der Waals surface area contributed by atoms with Gasteiger partial charge in [-0.05, 0) is 18.2 Å². The van der Waals surface area contributed by atoms with Crippen LogP contribution in [0.4, 0.5) is 4.39 Å². The van der Waals surface area contributed by atoms with E-state index in [1.807, 2.05) is 17.8 Å². The largest absolute Gasteiger partial charge is 0.472 e. The van der Waals surface area contributed by atoms with Gasteiger partial charge in [-0.1, -0.05) is 12.1 Å². The summed E-state index contributed by atoms with van der Waals surface area (Å²) in [5.74, 6) is 1.27. The van der Waals surface area contributed by atoms with Crippen LogP contribution in [0.25, 0.3) is 0 Å². The summed E-state index contributed by atoms with van der Waals surface area (Å²) in [5, 5.41) is 2.86. The number of hydrogen-bond donors (Lipinski definition) is 1. The highest BCUT2D eigenvalue weighted by Gasteiger charge is 2.24. The van der Waals surface area contributed by atoms with E-state index in [1.54, 1.807) is 24.7 Å². The van der Waals surface area contributed by atoms with Gasteiger partial charge < -0.3 is 9.73 Å². The second-order valence-electron chi connectivity index (χ2n) is 5.41. The van der Waals surface area contributed by atoms with Gasteiger partial charge in [-0.2, -0.15) is 11.8 Å². The number of hydrogen-bond acceptors (Lipinski definition) is 4. The monoisotopic (exact) mass is 334 g/mol. The Morgan fingerprint density at radius 1 is 1.30 bits per heavy atom. The number of amides is 1. The minimum atomic E-state index is -0.501. The Bertz CT molecular complexity index is 642. The van der Waals surface area contributed by atoms with Crippen LogP contribution >= 0.6 is 11.8 Å². The Balaban J connectivity index is 1.69. The molecule has 6 heteroatoms. The van der Waals surface area contributed by atoms with Crippen LogP contribution in [0.2, 0.25) is 0 Å². The van der Waals surface area contributed by atoms with Crippen molar-refractivity contribution in [3.63, 3.8) is 0 Å². The molecule has 3 rings (SSSR count). The highest BCUT2D eigenvalue weighted by molar-refractivity contribution is 7.99. The summed E-state index contributed by atoms with van der Waals surface area (Å²) in [6.07, 6.45) is 3.35. The summed E-state index contributed by atoms with van der Waals surface area (Å²) in [6, 6.07) is 7.99. The first-order valence-electron chi connectivity index (χ1n) is 7.62. The molecule has 2 heterocycles. The highest BCUT2D eigenvalue weighted by Crippen LogP contribution is 2.24. The van der Waals surface area contributed by atoms with Crippen molar-refractivity contribution >= 4 is 17.7 Å². The maximum Gasteiger partial charge on any atom is 0.254 e. The normalized spacial score (nSPS) is 16.9. The van der Waals surface area contributed by atoms with Crippen molar-refractivity contribution in [1.82, 2.24) is 10.2 Å². The molecule has 1 aromatic heterocycles. The molecule has 23 heavy (non-hydrogen) atoms. The average molecular weight is 334 g/mol. The molecule has 0 aliphatic carbocycles. The number of furan rings is 1. The quantitative estimate of drug-likeness (QED) is 0.913. The zero-order valence-corrected chi connectivity index (χ0v) is 13.5. The van der Waals surface area contributed by atoms with Crippen molar-refractivity contribution in [3.05, 3.63) is 59.8 Å². The molecule has 0 spiro atoms. The van der Waals surface area contributed by atoms with E-state index >= 15 is 0 Å². The Morgan fingerprint density at radius 3 is 2.78 bits per heavy atom. The number of thioether (sulfide) groups is 1. The van der Waals surface area contributed by atoms with Gasteiger partial charge in [-0.3, -0.25) is 9.69 Å². The topological polar surface area (TPSA) is 45.5 Å². The number of carbonyl (C=O) groups excluding carboxylic acids is 1. The number of halogens is 1. The van der Waals surface area contributed by atoms with Crippen molar-refractivity contribution in [2.45, 2.75) is 6.04 Å². The third kappa shape index (κ3) is 3.95. The van der Waals surface area contributed by atoms with Crippen molar-refractivity contribution in [1.29, 1.82) is 0 Å². The van der Waals surface area contributed by atoms with E-state index in [4.69, 9.17) is 4.42 Å². The highest BCUT2D eigenvalue weighted by atomic mass is 32.2. The third-order valence-electron chi connectivity index (χ3n) is 3.99. The molecule has 0 radical (unpaired) electrons. The lowest BCUT2D eigenvalue weighted by Gasteiger charge is -2.34. The Hall–Kier alpha value is -1.79. The van der Waals surface area contributed by atoms with Gasteiger partial charge in [0.25, 0.3) is 5.91 Å². The zero-order valence-electron chi connectivity index (χ0n) is 12.7. The fourth-order valence-electron chi connectivity index (χ4n) is 2.74. The predicted molar refractivity (Wildman–Crippen MR) is 89.1 cm³/mol. The molecule has 1 atom stereocenters. The van der Waals surface area contributed by atoms with Crippen molar-refractivity contribution in [2.24, 2.45) is 0 Å². The van der Waals surface area contributed by atoms with Crippen LogP contribution in [0, 0.1) is 5.82 Å². The van der Waals surface area contributed by atoms with Crippen LogP contribution in [0.1, 0.15) is 22.0 Å². The molecule has 1 saturated heterocycles. The molecule has 1 aliphatic heterocycles. The fourth-order valence-corrected chi connectivity index (χ4v) is 3.67. The molecule has 1 amide bonds. The molecule has 1 aliphatic rings. The van der Waals surface area contributed by atoms with Crippen LogP contribution in [0.5, 0.6) is 0 Å². The Morgan fingerprint density at radius 2 is 2.09 bits per heavy atom. The van der Waals surface area contributed by atoms with E-state index in [0.29, 0.717) is 6.54 Å². The summed E-state index contributed by atoms with van der Waals surface area (Å²) in [7, 11) is 0. The first kappa shape index (κ1) is 16.1. The number of nitrogens with zero attached hydrogens (tertiary/aromatic N) is 1. The number of carbonyl (C=O) groups is 1. The molecular weight excluding hydrogens is 315 g/mol. The minimum Gasteiger partial charge on any atom is -0.472 e. The predicted octanol–water partition coefficient (Wildman–Crippen LogP) is 2.94. The molecule has 0 bridgehead atoms. The summed E-state index contributed by atoms with van der Waals surface area (Å²) in [5.41, 5.74) is 1.11. The van der Waals surface area contributed by atoms with Gasteiger partial charge >= 0.3 is 0 Å². The first-order chi connectivity index (χ1) is 11.3. The van der Waals surface area contributed by atoms with E-state index in [2.05, 4.69) is 10.2 Å². The standard InChI is InChI=1S/C17H19FN2O2S/c18-15-4-2-1-3-14(15)17(21)19-11-16(13-5-8-22-12-13)20-6-9-23-10-7-20/h1-5,8,12,16H,6-7,9-11H2,(H,19,21)/t16-/m0/s1. The minimum absolute atomic E-state index is 0.0466. The molecule has 1 fully saturated rings. The van der Waals surface area contributed by atoms with Crippen LogP contribution in [0.15, 0.2) is 47.3 Å². The summed E-state index contributed by atoms with van der Waals surface area (Å²) < 4.78 is 18.9. The van der Waals surface area contributed by atoms with Gasteiger partial charge in [-0.15, -0.1) is 0 Å². The van der Waals surface area contributed by atoms with Gasteiger partial charge in [-0.25, -0.2) is 4.39 Å². The van der Waals surface area contributed by atoms with Gasteiger partial charge in [0.1, 0.15) is 5.82 Å². The smallest absolute Gasteiger partial charge is 0.254 e. The van der Waals surface area contributed by atoms with Gasteiger partial charge in [0.15, 0.2) is 0 Å². The molecular formula is C17H19FN2O2S. The molecule has 2 aromatic rings. The molecule has 1 aromatic carbocycles. The van der Waals surface area contributed by atoms with E-state index in [9.17, 15) is 9.18 Å². The van der Waals surface area contributed by atoms with E-state index in [1.165, 1.54) is 12.1 Å². The average Bonchev–Trinajstić information content (AvgIpc) is 3.10. The molecule has 4 nitrogen and oxygen atoms in total. The molecule has 1 N–H and O–H groups in total. The maximum absolute atomic E-state index is 13.7. The van der Waals surface area contributed by atoms with E-state index in [-0.39, 0.29) is 17.5 Å². The van der Waals surface area contributed by atoms with Crippen LogP contribution in [-0.2, 0) is 0 Å². The second-order valence-corrected chi connectivity index (χ2v) is 6.64. The zero-order chi connectivity index (χ0) is 16.1. The van der Waals surface area contributed by atoms with Crippen LogP contribution < -0.4 is 5.32 Å². The van der Waals surface area contributed by atoms with Gasteiger partial charge in [0, 0.05) is 36.7 Å².